The molecule has 0 saturated carbocycles. The number of pyridine rings is 1. The SMILES string of the molecule is CCc1cncc(-c2cn(C(c3ccccc3)c3scnc3C)nn2)c1. The number of thiazole rings is 1. The Morgan fingerprint density at radius 3 is 2.73 bits per heavy atom. The van der Waals surface area contributed by atoms with Crippen LogP contribution in [-0.4, -0.2) is 25.0 Å². The first-order chi connectivity index (χ1) is 12.8. The molecular weight excluding hydrogens is 342 g/mol. The third-order valence-corrected chi connectivity index (χ3v) is 5.40. The quantitative estimate of drug-likeness (QED) is 0.532. The maximum Gasteiger partial charge on any atom is 0.115 e. The van der Waals surface area contributed by atoms with Crippen molar-refractivity contribution in [2.24, 2.45) is 0 Å². The van der Waals surface area contributed by atoms with Crippen molar-refractivity contribution < 1.29 is 0 Å². The number of hydrogen-bond acceptors (Lipinski definition) is 5. The molecule has 0 aliphatic carbocycles. The molecule has 6 heteroatoms. The number of hydrogen-bond donors (Lipinski definition) is 0. The fraction of sp³-hybridized carbons (Fsp3) is 0.200. The fourth-order valence-corrected chi connectivity index (χ4v) is 3.91. The largest absolute Gasteiger partial charge is 0.264 e. The third kappa shape index (κ3) is 3.15. The van der Waals surface area contributed by atoms with Crippen LogP contribution in [0.2, 0.25) is 0 Å². The highest BCUT2D eigenvalue weighted by molar-refractivity contribution is 7.09. The molecule has 130 valence electrons. The Morgan fingerprint density at radius 1 is 1.15 bits per heavy atom. The van der Waals surface area contributed by atoms with Gasteiger partial charge in [0.15, 0.2) is 0 Å². The van der Waals surface area contributed by atoms with E-state index in [4.69, 9.17) is 0 Å². The van der Waals surface area contributed by atoms with Gasteiger partial charge in [0.25, 0.3) is 0 Å². The summed E-state index contributed by atoms with van der Waals surface area (Å²) in [6.07, 6.45) is 6.67. The van der Waals surface area contributed by atoms with E-state index in [2.05, 4.69) is 45.4 Å². The Bertz CT molecular complexity index is 1010. The van der Waals surface area contributed by atoms with E-state index in [0.29, 0.717) is 0 Å². The van der Waals surface area contributed by atoms with Crippen LogP contribution in [0.15, 0.2) is 60.5 Å². The second-order valence-corrected chi connectivity index (χ2v) is 7.02. The second kappa shape index (κ2) is 7.17. The molecular formula is C20H19N5S. The van der Waals surface area contributed by atoms with Gasteiger partial charge < -0.3 is 0 Å². The van der Waals surface area contributed by atoms with Crippen molar-refractivity contribution in [3.63, 3.8) is 0 Å². The Hall–Kier alpha value is -2.86. The van der Waals surface area contributed by atoms with Crippen molar-refractivity contribution in [1.82, 2.24) is 25.0 Å². The minimum atomic E-state index is -0.0349. The Morgan fingerprint density at radius 2 is 2.00 bits per heavy atom. The van der Waals surface area contributed by atoms with Gasteiger partial charge in [0, 0.05) is 18.0 Å². The van der Waals surface area contributed by atoms with E-state index < -0.39 is 0 Å². The number of aromatic nitrogens is 5. The predicted octanol–water partition coefficient (Wildman–Crippen LogP) is 4.31. The zero-order valence-electron chi connectivity index (χ0n) is 14.7. The molecule has 26 heavy (non-hydrogen) atoms. The van der Waals surface area contributed by atoms with Crippen LogP contribution in [0.3, 0.4) is 0 Å². The molecule has 3 aromatic heterocycles. The number of rotatable bonds is 5. The first-order valence-corrected chi connectivity index (χ1v) is 9.45. The van der Waals surface area contributed by atoms with Crippen LogP contribution in [0.4, 0.5) is 0 Å². The summed E-state index contributed by atoms with van der Waals surface area (Å²) in [5.41, 5.74) is 7.08. The zero-order valence-corrected chi connectivity index (χ0v) is 15.5. The van der Waals surface area contributed by atoms with Gasteiger partial charge in [0.1, 0.15) is 11.7 Å². The van der Waals surface area contributed by atoms with Crippen molar-refractivity contribution in [3.8, 4) is 11.3 Å². The van der Waals surface area contributed by atoms with Gasteiger partial charge >= 0.3 is 0 Å². The van der Waals surface area contributed by atoms with Gasteiger partial charge in [-0.15, -0.1) is 16.4 Å². The summed E-state index contributed by atoms with van der Waals surface area (Å²) in [5, 5.41) is 8.84. The molecule has 1 atom stereocenters. The molecule has 5 nitrogen and oxygen atoms in total. The Kier molecular flexibility index (Phi) is 4.58. The highest BCUT2D eigenvalue weighted by Crippen LogP contribution is 2.32. The average molecular weight is 361 g/mol. The van der Waals surface area contributed by atoms with Crippen LogP contribution in [0.1, 0.15) is 34.7 Å². The molecule has 1 aromatic carbocycles. The smallest absolute Gasteiger partial charge is 0.115 e. The highest BCUT2D eigenvalue weighted by Gasteiger charge is 2.22. The molecule has 0 fully saturated rings. The van der Waals surface area contributed by atoms with Crippen LogP contribution >= 0.6 is 11.3 Å². The van der Waals surface area contributed by atoms with Gasteiger partial charge in [-0.25, -0.2) is 9.67 Å². The molecule has 4 aromatic rings. The Balaban J connectivity index is 1.78. The van der Waals surface area contributed by atoms with E-state index in [0.717, 1.165) is 28.9 Å². The van der Waals surface area contributed by atoms with Gasteiger partial charge in [0.2, 0.25) is 0 Å². The van der Waals surface area contributed by atoms with Crippen molar-refractivity contribution in [1.29, 1.82) is 0 Å². The summed E-state index contributed by atoms with van der Waals surface area (Å²) in [7, 11) is 0. The summed E-state index contributed by atoms with van der Waals surface area (Å²) < 4.78 is 1.92. The Labute approximate surface area is 156 Å². The van der Waals surface area contributed by atoms with Crippen molar-refractivity contribution in [3.05, 3.63) is 82.2 Å². The van der Waals surface area contributed by atoms with Crippen LogP contribution in [-0.2, 0) is 6.42 Å². The highest BCUT2D eigenvalue weighted by atomic mass is 32.1. The summed E-state index contributed by atoms with van der Waals surface area (Å²) in [6.45, 7) is 4.16. The lowest BCUT2D eigenvalue weighted by atomic mass is 10.0. The molecule has 3 heterocycles. The van der Waals surface area contributed by atoms with Crippen molar-refractivity contribution in [2.45, 2.75) is 26.3 Å². The van der Waals surface area contributed by atoms with Crippen LogP contribution in [0.5, 0.6) is 0 Å². The van der Waals surface area contributed by atoms with Gasteiger partial charge in [-0.3, -0.25) is 4.98 Å². The summed E-state index contributed by atoms with van der Waals surface area (Å²) in [6, 6.07) is 12.4. The average Bonchev–Trinajstić information content (AvgIpc) is 3.33. The molecule has 0 spiro atoms. The van der Waals surface area contributed by atoms with E-state index >= 15 is 0 Å². The molecule has 1 unspecified atom stereocenters. The normalized spacial score (nSPS) is 12.2. The maximum absolute atomic E-state index is 4.44. The van der Waals surface area contributed by atoms with E-state index in [1.807, 2.05) is 53.9 Å². The minimum absolute atomic E-state index is 0.0349. The molecule has 0 aliphatic rings. The summed E-state index contributed by atoms with van der Waals surface area (Å²) in [4.78, 5) is 9.92. The molecule has 0 radical (unpaired) electrons. The summed E-state index contributed by atoms with van der Waals surface area (Å²) in [5.74, 6) is 0. The zero-order chi connectivity index (χ0) is 17.9. The number of benzene rings is 1. The standard InChI is InChI=1S/C20H19N5S/c1-3-15-9-17(11-21-10-15)18-12-25(24-23-18)19(16-7-5-4-6-8-16)20-14(2)22-13-26-20/h4-13,19H,3H2,1-2H3. The van der Waals surface area contributed by atoms with E-state index in [1.54, 1.807) is 11.3 Å². The van der Waals surface area contributed by atoms with E-state index in [-0.39, 0.29) is 6.04 Å². The molecule has 0 N–H and O–H groups in total. The number of aryl methyl sites for hydroxylation is 2. The van der Waals surface area contributed by atoms with Gasteiger partial charge in [-0.2, -0.15) is 0 Å². The summed E-state index contributed by atoms with van der Waals surface area (Å²) >= 11 is 1.65. The monoisotopic (exact) mass is 361 g/mol. The van der Waals surface area contributed by atoms with E-state index in [1.165, 1.54) is 10.4 Å². The molecule has 0 saturated heterocycles. The molecule has 0 amide bonds. The maximum atomic E-state index is 4.44. The van der Waals surface area contributed by atoms with Gasteiger partial charge in [-0.05, 0) is 30.5 Å². The first kappa shape index (κ1) is 16.6. The number of nitrogens with zero attached hydrogens (tertiary/aromatic N) is 5. The first-order valence-electron chi connectivity index (χ1n) is 8.57. The molecule has 0 aliphatic heterocycles. The van der Waals surface area contributed by atoms with Crippen LogP contribution in [0, 0.1) is 6.92 Å². The second-order valence-electron chi connectivity index (χ2n) is 6.13. The predicted molar refractivity (Wildman–Crippen MR) is 103 cm³/mol. The molecule has 4 rings (SSSR count). The van der Waals surface area contributed by atoms with E-state index in [9.17, 15) is 0 Å². The van der Waals surface area contributed by atoms with Gasteiger partial charge in [0.05, 0.1) is 22.3 Å². The minimum Gasteiger partial charge on any atom is -0.264 e. The lowest BCUT2D eigenvalue weighted by Crippen LogP contribution is -2.13. The lowest BCUT2D eigenvalue weighted by molar-refractivity contribution is 0.575. The topological polar surface area (TPSA) is 56.5 Å². The van der Waals surface area contributed by atoms with Crippen molar-refractivity contribution in [2.75, 3.05) is 0 Å². The lowest BCUT2D eigenvalue weighted by Gasteiger charge is -2.16. The van der Waals surface area contributed by atoms with Crippen LogP contribution in [0.25, 0.3) is 11.3 Å². The van der Waals surface area contributed by atoms with Crippen molar-refractivity contribution >= 4 is 11.3 Å². The fourth-order valence-electron chi connectivity index (χ4n) is 2.99. The third-order valence-electron chi connectivity index (χ3n) is 4.42. The van der Waals surface area contributed by atoms with Crippen LogP contribution < -0.4 is 0 Å². The van der Waals surface area contributed by atoms with Gasteiger partial charge in [-0.1, -0.05) is 42.5 Å². The molecule has 0 bridgehead atoms.